The van der Waals surface area contributed by atoms with Crippen LogP contribution < -0.4 is 0 Å². The molecule has 0 bridgehead atoms. The van der Waals surface area contributed by atoms with Crippen LogP contribution in [0.3, 0.4) is 0 Å². The van der Waals surface area contributed by atoms with E-state index in [2.05, 4.69) is 44.2 Å². The van der Waals surface area contributed by atoms with E-state index < -0.39 is 0 Å². The number of hydrogen-bond donors (Lipinski definition) is 0. The minimum Gasteiger partial charge on any atom is -0.123 e. The second kappa shape index (κ2) is 6.08. The van der Waals surface area contributed by atoms with Gasteiger partial charge in [0, 0.05) is 5.38 Å². The van der Waals surface area contributed by atoms with Crippen molar-refractivity contribution < 1.29 is 0 Å². The molecule has 0 aliphatic carbocycles. The summed E-state index contributed by atoms with van der Waals surface area (Å²) in [6.07, 6.45) is 3.34. The standard InChI is InChI=1S/C13H19Cl/c1-3-12(13(14)4-2)10-11-8-6-5-7-9-11/h5-9,12-13H,3-4,10H2,1-2H3. The average molecular weight is 211 g/mol. The molecule has 2 atom stereocenters. The fourth-order valence-corrected chi connectivity index (χ4v) is 2.05. The molecular formula is C13H19Cl. The van der Waals surface area contributed by atoms with E-state index >= 15 is 0 Å². The first kappa shape index (κ1) is 11.6. The summed E-state index contributed by atoms with van der Waals surface area (Å²) < 4.78 is 0. The van der Waals surface area contributed by atoms with E-state index in [1.807, 2.05) is 0 Å². The molecule has 2 unspecified atom stereocenters. The second-order valence-corrected chi connectivity index (χ2v) is 4.34. The molecule has 1 heteroatoms. The van der Waals surface area contributed by atoms with Crippen LogP contribution in [0.5, 0.6) is 0 Å². The molecule has 1 rings (SSSR count). The second-order valence-electron chi connectivity index (χ2n) is 3.78. The van der Waals surface area contributed by atoms with E-state index in [0.29, 0.717) is 11.3 Å². The fourth-order valence-electron chi connectivity index (χ4n) is 1.78. The Morgan fingerprint density at radius 2 is 1.71 bits per heavy atom. The number of rotatable bonds is 5. The molecule has 0 amide bonds. The zero-order valence-corrected chi connectivity index (χ0v) is 9.80. The van der Waals surface area contributed by atoms with Crippen molar-refractivity contribution in [2.24, 2.45) is 5.92 Å². The van der Waals surface area contributed by atoms with Crippen LogP contribution in [0.15, 0.2) is 30.3 Å². The van der Waals surface area contributed by atoms with Gasteiger partial charge in [0.1, 0.15) is 0 Å². The molecule has 0 spiro atoms. The highest BCUT2D eigenvalue weighted by atomic mass is 35.5. The Kier molecular flexibility index (Phi) is 5.03. The minimum atomic E-state index is 0.320. The maximum atomic E-state index is 6.28. The molecule has 0 N–H and O–H groups in total. The predicted molar refractivity (Wildman–Crippen MR) is 63.9 cm³/mol. The largest absolute Gasteiger partial charge is 0.123 e. The normalized spacial score (nSPS) is 15.1. The van der Waals surface area contributed by atoms with Gasteiger partial charge in [-0.15, -0.1) is 11.6 Å². The topological polar surface area (TPSA) is 0 Å². The minimum absolute atomic E-state index is 0.320. The van der Waals surface area contributed by atoms with Crippen LogP contribution in [-0.2, 0) is 6.42 Å². The summed E-state index contributed by atoms with van der Waals surface area (Å²) in [5.74, 6) is 0.615. The van der Waals surface area contributed by atoms with Crippen molar-refractivity contribution in [1.29, 1.82) is 0 Å². The first-order chi connectivity index (χ1) is 6.77. The molecule has 0 aliphatic heterocycles. The molecule has 0 saturated carbocycles. The molecule has 0 nitrogen and oxygen atoms in total. The highest BCUT2D eigenvalue weighted by molar-refractivity contribution is 6.20. The van der Waals surface area contributed by atoms with Crippen LogP contribution >= 0.6 is 11.6 Å². The van der Waals surface area contributed by atoms with Gasteiger partial charge < -0.3 is 0 Å². The lowest BCUT2D eigenvalue weighted by atomic mass is 9.92. The van der Waals surface area contributed by atoms with E-state index in [9.17, 15) is 0 Å². The van der Waals surface area contributed by atoms with Gasteiger partial charge in [-0.05, 0) is 24.3 Å². The van der Waals surface area contributed by atoms with Crippen molar-refractivity contribution in [2.45, 2.75) is 38.5 Å². The van der Waals surface area contributed by atoms with Crippen LogP contribution in [0.1, 0.15) is 32.3 Å². The Hall–Kier alpha value is -0.490. The van der Waals surface area contributed by atoms with Gasteiger partial charge in [-0.25, -0.2) is 0 Å². The summed E-state index contributed by atoms with van der Waals surface area (Å²) in [5, 5.41) is 0.320. The first-order valence-corrected chi connectivity index (χ1v) is 5.89. The van der Waals surface area contributed by atoms with E-state index in [-0.39, 0.29) is 0 Å². The Bertz CT molecular complexity index is 243. The molecule has 0 radical (unpaired) electrons. The van der Waals surface area contributed by atoms with E-state index in [1.165, 1.54) is 5.56 Å². The Balaban J connectivity index is 2.57. The molecule has 1 aromatic rings. The predicted octanol–water partition coefficient (Wildman–Crippen LogP) is 4.27. The van der Waals surface area contributed by atoms with Crippen LogP contribution in [0.2, 0.25) is 0 Å². The van der Waals surface area contributed by atoms with Crippen LogP contribution in [0, 0.1) is 5.92 Å². The van der Waals surface area contributed by atoms with Gasteiger partial charge in [0.2, 0.25) is 0 Å². The third-order valence-electron chi connectivity index (χ3n) is 2.77. The maximum absolute atomic E-state index is 6.28. The zero-order valence-electron chi connectivity index (χ0n) is 9.04. The molecule has 0 aromatic heterocycles. The molecule has 0 fully saturated rings. The van der Waals surface area contributed by atoms with Crippen molar-refractivity contribution in [3.63, 3.8) is 0 Å². The number of alkyl halides is 1. The summed E-state index contributed by atoms with van der Waals surface area (Å²) in [6.45, 7) is 4.38. The average Bonchev–Trinajstić information content (AvgIpc) is 2.26. The summed E-state index contributed by atoms with van der Waals surface area (Å²) in [7, 11) is 0. The highest BCUT2D eigenvalue weighted by Gasteiger charge is 2.15. The molecule has 0 aliphatic rings. The summed E-state index contributed by atoms with van der Waals surface area (Å²) in [6, 6.07) is 10.6. The van der Waals surface area contributed by atoms with Gasteiger partial charge >= 0.3 is 0 Å². The molecule has 0 saturated heterocycles. The lowest BCUT2D eigenvalue weighted by Crippen LogP contribution is -2.15. The molecule has 1 aromatic carbocycles. The lowest BCUT2D eigenvalue weighted by molar-refractivity contribution is 0.470. The number of hydrogen-bond acceptors (Lipinski definition) is 0. The first-order valence-electron chi connectivity index (χ1n) is 5.45. The summed E-state index contributed by atoms with van der Waals surface area (Å²) in [5.41, 5.74) is 1.40. The Labute approximate surface area is 92.3 Å². The Morgan fingerprint density at radius 1 is 1.07 bits per heavy atom. The number of halogens is 1. The lowest BCUT2D eigenvalue weighted by Gasteiger charge is -2.19. The van der Waals surface area contributed by atoms with E-state index in [0.717, 1.165) is 19.3 Å². The van der Waals surface area contributed by atoms with Crippen molar-refractivity contribution >= 4 is 11.6 Å². The van der Waals surface area contributed by atoms with Gasteiger partial charge in [0.15, 0.2) is 0 Å². The van der Waals surface area contributed by atoms with Gasteiger partial charge in [-0.2, -0.15) is 0 Å². The van der Waals surface area contributed by atoms with Gasteiger partial charge in [0.25, 0.3) is 0 Å². The maximum Gasteiger partial charge on any atom is 0.0364 e. The smallest absolute Gasteiger partial charge is 0.0364 e. The third kappa shape index (κ3) is 3.34. The summed E-state index contributed by atoms with van der Waals surface area (Å²) in [4.78, 5) is 0. The van der Waals surface area contributed by atoms with Crippen molar-refractivity contribution in [3.05, 3.63) is 35.9 Å². The van der Waals surface area contributed by atoms with E-state index in [4.69, 9.17) is 11.6 Å². The molecular weight excluding hydrogens is 192 g/mol. The number of benzene rings is 1. The monoisotopic (exact) mass is 210 g/mol. The SMILES string of the molecule is CCC(Cl)C(CC)Cc1ccccc1. The van der Waals surface area contributed by atoms with Crippen molar-refractivity contribution in [1.82, 2.24) is 0 Å². The quantitative estimate of drug-likeness (QED) is 0.637. The van der Waals surface area contributed by atoms with Gasteiger partial charge in [-0.1, -0.05) is 50.6 Å². The van der Waals surface area contributed by atoms with Gasteiger partial charge in [0.05, 0.1) is 0 Å². The fraction of sp³-hybridized carbons (Fsp3) is 0.538. The van der Waals surface area contributed by atoms with Crippen LogP contribution in [-0.4, -0.2) is 5.38 Å². The molecule has 0 heterocycles. The Morgan fingerprint density at radius 3 is 2.21 bits per heavy atom. The zero-order chi connectivity index (χ0) is 10.4. The van der Waals surface area contributed by atoms with Crippen molar-refractivity contribution in [3.8, 4) is 0 Å². The third-order valence-corrected chi connectivity index (χ3v) is 3.43. The van der Waals surface area contributed by atoms with E-state index in [1.54, 1.807) is 0 Å². The highest BCUT2D eigenvalue weighted by Crippen LogP contribution is 2.22. The van der Waals surface area contributed by atoms with Crippen LogP contribution in [0.25, 0.3) is 0 Å². The van der Waals surface area contributed by atoms with Gasteiger partial charge in [-0.3, -0.25) is 0 Å². The summed E-state index contributed by atoms with van der Waals surface area (Å²) >= 11 is 6.28. The molecule has 14 heavy (non-hydrogen) atoms. The van der Waals surface area contributed by atoms with Crippen LogP contribution in [0.4, 0.5) is 0 Å². The molecule has 78 valence electrons. The van der Waals surface area contributed by atoms with Crippen molar-refractivity contribution in [2.75, 3.05) is 0 Å².